The number of rotatable bonds is 4. The van der Waals surface area contributed by atoms with Crippen molar-refractivity contribution in [3.05, 3.63) is 23.5 Å². The number of aryl methyl sites for hydroxylation is 1. The van der Waals surface area contributed by atoms with E-state index in [0.717, 1.165) is 17.1 Å². The van der Waals surface area contributed by atoms with Crippen LogP contribution in [0.25, 0.3) is 0 Å². The van der Waals surface area contributed by atoms with E-state index in [4.69, 9.17) is 15.6 Å². The lowest BCUT2D eigenvalue weighted by Crippen LogP contribution is -2.50. The summed E-state index contributed by atoms with van der Waals surface area (Å²) in [5.41, 5.74) is 6.46. The molecule has 2 heterocycles. The standard InChI is InChI=1S/C13H19N3O3/c1-9-5-11(19-2)6-10(15-9)7-16-4-3-13(14,8-16)12(17)18/h5-6H,3-4,7-8,14H2,1-2H3,(H,17,18). The molecule has 0 aliphatic carbocycles. The number of nitrogens with two attached hydrogens (primary N) is 1. The van der Waals surface area contributed by atoms with Gasteiger partial charge in [-0.25, -0.2) is 0 Å². The minimum Gasteiger partial charge on any atom is -0.497 e. The Morgan fingerprint density at radius 2 is 2.37 bits per heavy atom. The Morgan fingerprint density at radius 1 is 1.63 bits per heavy atom. The van der Waals surface area contributed by atoms with E-state index in [9.17, 15) is 4.79 Å². The molecule has 6 heteroatoms. The number of hydrogen-bond donors (Lipinski definition) is 2. The summed E-state index contributed by atoms with van der Waals surface area (Å²) < 4.78 is 5.20. The van der Waals surface area contributed by atoms with Crippen LogP contribution >= 0.6 is 0 Å². The molecule has 1 fully saturated rings. The fraction of sp³-hybridized carbons (Fsp3) is 0.538. The number of pyridine rings is 1. The Kier molecular flexibility index (Phi) is 3.73. The van der Waals surface area contributed by atoms with Gasteiger partial charge in [-0.3, -0.25) is 14.7 Å². The van der Waals surface area contributed by atoms with Crippen LogP contribution in [0.15, 0.2) is 12.1 Å². The predicted molar refractivity (Wildman–Crippen MR) is 70.0 cm³/mol. The van der Waals surface area contributed by atoms with Gasteiger partial charge in [0.25, 0.3) is 0 Å². The molecule has 1 unspecified atom stereocenters. The van der Waals surface area contributed by atoms with E-state index in [-0.39, 0.29) is 0 Å². The molecule has 1 aliphatic heterocycles. The van der Waals surface area contributed by atoms with Crippen molar-refractivity contribution in [2.75, 3.05) is 20.2 Å². The number of ether oxygens (including phenoxy) is 1. The average Bonchev–Trinajstić information content (AvgIpc) is 2.71. The van der Waals surface area contributed by atoms with Crippen molar-refractivity contribution in [1.29, 1.82) is 0 Å². The van der Waals surface area contributed by atoms with Gasteiger partial charge in [-0.15, -0.1) is 0 Å². The van der Waals surface area contributed by atoms with Crippen LogP contribution in [-0.4, -0.2) is 46.7 Å². The first-order valence-electron chi connectivity index (χ1n) is 6.19. The second-order valence-corrected chi connectivity index (χ2v) is 5.06. The molecule has 19 heavy (non-hydrogen) atoms. The van der Waals surface area contributed by atoms with Crippen molar-refractivity contribution in [3.8, 4) is 5.75 Å². The second kappa shape index (κ2) is 5.14. The van der Waals surface area contributed by atoms with Crippen LogP contribution in [0.2, 0.25) is 0 Å². The van der Waals surface area contributed by atoms with Crippen molar-refractivity contribution in [3.63, 3.8) is 0 Å². The molecule has 1 saturated heterocycles. The number of aliphatic carboxylic acids is 1. The minimum absolute atomic E-state index is 0.347. The SMILES string of the molecule is COc1cc(C)nc(CN2CCC(N)(C(=O)O)C2)c1. The van der Waals surface area contributed by atoms with Crippen LogP contribution in [0, 0.1) is 6.92 Å². The molecule has 3 N–H and O–H groups in total. The van der Waals surface area contributed by atoms with Crippen LogP contribution in [0.4, 0.5) is 0 Å². The van der Waals surface area contributed by atoms with Gasteiger partial charge in [0, 0.05) is 37.5 Å². The molecule has 1 aliphatic rings. The highest BCUT2D eigenvalue weighted by Gasteiger charge is 2.41. The van der Waals surface area contributed by atoms with Gasteiger partial charge in [0.1, 0.15) is 11.3 Å². The van der Waals surface area contributed by atoms with Crippen LogP contribution in [0.5, 0.6) is 5.75 Å². The number of carboxylic acids is 1. The van der Waals surface area contributed by atoms with E-state index in [1.165, 1.54) is 0 Å². The number of hydrogen-bond acceptors (Lipinski definition) is 5. The Hall–Kier alpha value is -1.66. The highest BCUT2D eigenvalue weighted by atomic mass is 16.5. The summed E-state index contributed by atoms with van der Waals surface area (Å²) in [7, 11) is 1.61. The fourth-order valence-electron chi connectivity index (χ4n) is 2.36. The van der Waals surface area contributed by atoms with E-state index in [2.05, 4.69) is 4.98 Å². The first-order valence-corrected chi connectivity index (χ1v) is 6.19. The Bertz CT molecular complexity index is 492. The zero-order chi connectivity index (χ0) is 14.0. The molecule has 104 valence electrons. The number of aromatic nitrogens is 1. The van der Waals surface area contributed by atoms with E-state index in [1.54, 1.807) is 7.11 Å². The van der Waals surface area contributed by atoms with Crippen molar-refractivity contribution < 1.29 is 14.6 Å². The zero-order valence-electron chi connectivity index (χ0n) is 11.2. The van der Waals surface area contributed by atoms with Crippen LogP contribution in [0.1, 0.15) is 17.8 Å². The molecule has 1 aromatic heterocycles. The maximum Gasteiger partial charge on any atom is 0.325 e. The monoisotopic (exact) mass is 265 g/mol. The predicted octanol–water partition coefficient (Wildman–Crippen LogP) is 0.386. The highest BCUT2D eigenvalue weighted by molar-refractivity contribution is 5.79. The molecule has 1 atom stereocenters. The molecule has 6 nitrogen and oxygen atoms in total. The lowest BCUT2D eigenvalue weighted by molar-refractivity contribution is -0.142. The molecule has 0 saturated carbocycles. The lowest BCUT2D eigenvalue weighted by Gasteiger charge is -2.20. The number of carboxylic acid groups (broad SMARTS) is 1. The van der Waals surface area contributed by atoms with Gasteiger partial charge in [-0.1, -0.05) is 0 Å². The van der Waals surface area contributed by atoms with Crippen LogP contribution in [0.3, 0.4) is 0 Å². The van der Waals surface area contributed by atoms with Gasteiger partial charge in [-0.2, -0.15) is 0 Å². The van der Waals surface area contributed by atoms with E-state index in [0.29, 0.717) is 26.1 Å². The number of nitrogens with zero attached hydrogens (tertiary/aromatic N) is 2. The van der Waals surface area contributed by atoms with Gasteiger partial charge >= 0.3 is 5.97 Å². The van der Waals surface area contributed by atoms with Gasteiger partial charge < -0.3 is 15.6 Å². The maximum absolute atomic E-state index is 11.1. The normalized spacial score (nSPS) is 23.5. The van der Waals surface area contributed by atoms with Crippen molar-refractivity contribution >= 4 is 5.97 Å². The summed E-state index contributed by atoms with van der Waals surface area (Å²) >= 11 is 0. The summed E-state index contributed by atoms with van der Waals surface area (Å²) in [6, 6.07) is 3.72. The van der Waals surface area contributed by atoms with E-state index >= 15 is 0 Å². The zero-order valence-corrected chi connectivity index (χ0v) is 11.2. The fourth-order valence-corrected chi connectivity index (χ4v) is 2.36. The summed E-state index contributed by atoms with van der Waals surface area (Å²) in [6.07, 6.45) is 0.464. The first kappa shape index (κ1) is 13.8. The van der Waals surface area contributed by atoms with Crippen molar-refractivity contribution in [2.24, 2.45) is 5.73 Å². The lowest BCUT2D eigenvalue weighted by atomic mass is 10.0. The Morgan fingerprint density at radius 3 is 2.95 bits per heavy atom. The maximum atomic E-state index is 11.1. The summed E-state index contributed by atoms with van der Waals surface area (Å²) in [5, 5.41) is 9.10. The Labute approximate surface area is 112 Å². The number of carbonyl (C=O) groups is 1. The van der Waals surface area contributed by atoms with E-state index < -0.39 is 11.5 Å². The molecule has 0 radical (unpaired) electrons. The van der Waals surface area contributed by atoms with Gasteiger partial charge in [-0.05, 0) is 13.3 Å². The molecule has 0 aromatic carbocycles. The molecule has 0 spiro atoms. The third-order valence-electron chi connectivity index (χ3n) is 3.41. The summed E-state index contributed by atoms with van der Waals surface area (Å²) in [5.74, 6) is -0.177. The third kappa shape index (κ3) is 3.02. The molecule has 1 aromatic rings. The third-order valence-corrected chi connectivity index (χ3v) is 3.41. The summed E-state index contributed by atoms with van der Waals surface area (Å²) in [6.45, 7) is 3.51. The minimum atomic E-state index is -1.13. The first-order chi connectivity index (χ1) is 8.93. The number of methoxy groups -OCH3 is 1. The van der Waals surface area contributed by atoms with Gasteiger partial charge in [0.2, 0.25) is 0 Å². The molecule has 0 amide bonds. The van der Waals surface area contributed by atoms with Crippen molar-refractivity contribution in [2.45, 2.75) is 25.4 Å². The van der Waals surface area contributed by atoms with Gasteiger partial charge in [0.15, 0.2) is 0 Å². The van der Waals surface area contributed by atoms with Crippen molar-refractivity contribution in [1.82, 2.24) is 9.88 Å². The molecule has 2 rings (SSSR count). The van der Waals surface area contributed by atoms with Crippen LogP contribution < -0.4 is 10.5 Å². The Balaban J connectivity index is 2.07. The smallest absolute Gasteiger partial charge is 0.325 e. The van der Waals surface area contributed by atoms with E-state index in [1.807, 2.05) is 24.0 Å². The van der Waals surface area contributed by atoms with Crippen LogP contribution in [-0.2, 0) is 11.3 Å². The average molecular weight is 265 g/mol. The largest absolute Gasteiger partial charge is 0.497 e. The molecule has 0 bridgehead atoms. The molecular formula is C13H19N3O3. The second-order valence-electron chi connectivity index (χ2n) is 5.06. The number of likely N-dealkylation sites (tertiary alicyclic amines) is 1. The van der Waals surface area contributed by atoms with Gasteiger partial charge in [0.05, 0.1) is 12.8 Å². The molecular weight excluding hydrogens is 246 g/mol. The topological polar surface area (TPSA) is 88.7 Å². The summed E-state index contributed by atoms with van der Waals surface area (Å²) in [4.78, 5) is 17.5. The highest BCUT2D eigenvalue weighted by Crippen LogP contribution is 2.22. The quantitative estimate of drug-likeness (QED) is 0.818.